The van der Waals surface area contributed by atoms with Crippen molar-refractivity contribution in [1.29, 1.82) is 0 Å². The van der Waals surface area contributed by atoms with E-state index in [-0.39, 0.29) is 35.3 Å². The van der Waals surface area contributed by atoms with E-state index in [1.165, 1.54) is 11.3 Å². The third-order valence-corrected chi connectivity index (χ3v) is 2.52. The quantitative estimate of drug-likeness (QED) is 0.249. The zero-order chi connectivity index (χ0) is 12.0. The Bertz CT molecular complexity index is 366. The molecule has 1 unspecified atom stereocenters. The van der Waals surface area contributed by atoms with Crippen LogP contribution in [0.1, 0.15) is 18.7 Å². The van der Waals surface area contributed by atoms with Crippen LogP contribution in [0.5, 0.6) is 0 Å². The Hall–Kier alpha value is -0.400. The van der Waals surface area contributed by atoms with E-state index >= 15 is 0 Å². The number of carboxylic acid groups (broad SMARTS) is 1. The number of rotatable bonds is 6. The smallest absolute Gasteiger partial charge is 0.543 e. The summed E-state index contributed by atoms with van der Waals surface area (Å²) in [4.78, 5) is 16.2. The van der Waals surface area contributed by atoms with Gasteiger partial charge in [-0.05, 0) is 18.4 Å². The molecule has 0 aliphatic carbocycles. The average Bonchev–Trinajstić information content (AvgIpc) is 2.71. The number of carbonyl (C=O) groups excluding carboxylic acids is 1. The van der Waals surface area contributed by atoms with Crippen LogP contribution in [0.15, 0.2) is 22.7 Å². The van der Waals surface area contributed by atoms with Gasteiger partial charge in [-0.3, -0.25) is 0 Å². The van der Waals surface area contributed by atoms with Gasteiger partial charge in [0.25, 0.3) is 0 Å². The summed E-state index contributed by atoms with van der Waals surface area (Å²) >= 11 is 1.25. The van der Waals surface area contributed by atoms with Crippen LogP contribution in [0.25, 0.3) is 0 Å². The molecule has 5 nitrogen and oxygen atoms in total. The molecule has 0 spiro atoms. The van der Waals surface area contributed by atoms with Gasteiger partial charge in [0.1, 0.15) is 5.71 Å². The second kappa shape index (κ2) is 8.66. The fraction of sp³-hybridized carbons (Fsp3) is 0.400. The van der Waals surface area contributed by atoms with Crippen LogP contribution in [0.3, 0.4) is 0 Å². The van der Waals surface area contributed by atoms with Gasteiger partial charge < -0.3 is 19.5 Å². The molecule has 0 aliphatic rings. The fourth-order valence-corrected chi connectivity index (χ4v) is 1.68. The second-order valence-electron chi connectivity index (χ2n) is 2.83. The SMILES string of the molecule is CCOC(C)ON=C(C(=O)[O-])c1cccs1.[Na+]. The third-order valence-electron chi connectivity index (χ3n) is 1.64. The predicted molar refractivity (Wildman–Crippen MR) is 58.0 cm³/mol. The number of carboxylic acids is 1. The summed E-state index contributed by atoms with van der Waals surface area (Å²) in [6.45, 7) is 3.91. The molecule has 1 rings (SSSR count). The predicted octanol–water partition coefficient (Wildman–Crippen LogP) is -2.39. The molecule has 0 amide bonds. The molecule has 0 aliphatic heterocycles. The molecule has 1 heterocycles. The summed E-state index contributed by atoms with van der Waals surface area (Å²) in [5.41, 5.74) is -0.221. The summed E-state index contributed by atoms with van der Waals surface area (Å²) in [6, 6.07) is 3.36. The van der Waals surface area contributed by atoms with Crippen LogP contribution in [0.4, 0.5) is 0 Å². The fourth-order valence-electron chi connectivity index (χ4n) is 0.988. The first-order chi connectivity index (χ1) is 7.65. The van der Waals surface area contributed by atoms with E-state index in [0.717, 1.165) is 0 Å². The molecule has 0 fully saturated rings. The molecule has 0 bridgehead atoms. The zero-order valence-electron chi connectivity index (χ0n) is 10.0. The van der Waals surface area contributed by atoms with Gasteiger partial charge in [-0.15, -0.1) is 11.3 Å². The maximum atomic E-state index is 10.8. The van der Waals surface area contributed by atoms with E-state index in [4.69, 9.17) is 9.57 Å². The summed E-state index contributed by atoms with van der Waals surface area (Å²) in [5, 5.41) is 16.1. The Morgan fingerprint density at radius 1 is 1.65 bits per heavy atom. The molecule has 0 saturated carbocycles. The van der Waals surface area contributed by atoms with Crippen molar-refractivity contribution in [3.8, 4) is 0 Å². The van der Waals surface area contributed by atoms with Gasteiger partial charge in [0.2, 0.25) is 6.29 Å². The van der Waals surface area contributed by atoms with Crippen molar-refractivity contribution in [3.63, 3.8) is 0 Å². The number of ether oxygens (including phenoxy) is 1. The van der Waals surface area contributed by atoms with E-state index < -0.39 is 12.3 Å². The number of thiophene rings is 1. The standard InChI is InChI=1S/C10H13NO4S.Na/c1-3-14-7(2)15-11-9(10(12)13)8-5-4-6-16-8;/h4-7H,3H2,1-2H3,(H,12,13);/q;+1/p-1. The Morgan fingerprint density at radius 3 is 2.82 bits per heavy atom. The Morgan fingerprint density at radius 2 is 2.35 bits per heavy atom. The van der Waals surface area contributed by atoms with E-state index in [1.807, 2.05) is 6.92 Å². The van der Waals surface area contributed by atoms with Gasteiger partial charge in [-0.1, -0.05) is 11.2 Å². The topological polar surface area (TPSA) is 71.0 Å². The molecule has 1 aromatic heterocycles. The monoisotopic (exact) mass is 265 g/mol. The second-order valence-corrected chi connectivity index (χ2v) is 3.78. The molecule has 1 aromatic rings. The van der Waals surface area contributed by atoms with Gasteiger partial charge in [-0.25, -0.2) is 0 Å². The normalized spacial score (nSPS) is 12.7. The van der Waals surface area contributed by atoms with Crippen molar-refractivity contribution in [2.24, 2.45) is 5.16 Å². The minimum absolute atomic E-state index is 0. The molecular formula is C10H12NNaO4S. The molecule has 88 valence electrons. The summed E-state index contributed by atoms with van der Waals surface area (Å²) < 4.78 is 5.05. The van der Waals surface area contributed by atoms with Crippen LogP contribution < -0.4 is 34.7 Å². The number of hydrogen-bond donors (Lipinski definition) is 0. The third kappa shape index (κ3) is 5.65. The zero-order valence-corrected chi connectivity index (χ0v) is 12.8. The molecule has 0 saturated heterocycles. The first-order valence-electron chi connectivity index (χ1n) is 4.75. The maximum absolute atomic E-state index is 10.8. The molecular weight excluding hydrogens is 253 g/mol. The number of nitrogens with zero attached hydrogens (tertiary/aromatic N) is 1. The Balaban J connectivity index is 0.00000256. The summed E-state index contributed by atoms with van der Waals surface area (Å²) in [6.07, 6.45) is -0.584. The average molecular weight is 265 g/mol. The summed E-state index contributed by atoms with van der Waals surface area (Å²) in [5.74, 6) is -1.37. The van der Waals surface area contributed by atoms with E-state index in [0.29, 0.717) is 11.5 Å². The van der Waals surface area contributed by atoms with Gasteiger partial charge in [0.15, 0.2) is 0 Å². The maximum Gasteiger partial charge on any atom is 1.00 e. The largest absolute Gasteiger partial charge is 1.00 e. The Labute approximate surface area is 126 Å². The van der Waals surface area contributed by atoms with Crippen LogP contribution in [0.2, 0.25) is 0 Å². The molecule has 0 N–H and O–H groups in total. The van der Waals surface area contributed by atoms with Gasteiger partial charge >= 0.3 is 29.6 Å². The van der Waals surface area contributed by atoms with Crippen molar-refractivity contribution in [3.05, 3.63) is 22.4 Å². The number of carbonyl (C=O) groups is 1. The van der Waals surface area contributed by atoms with Crippen molar-refractivity contribution in [2.45, 2.75) is 20.1 Å². The van der Waals surface area contributed by atoms with E-state index in [9.17, 15) is 9.90 Å². The first-order valence-corrected chi connectivity index (χ1v) is 5.63. The number of hydrogen-bond acceptors (Lipinski definition) is 6. The molecule has 0 aromatic carbocycles. The van der Waals surface area contributed by atoms with E-state index in [2.05, 4.69) is 5.16 Å². The minimum atomic E-state index is -1.37. The summed E-state index contributed by atoms with van der Waals surface area (Å²) in [7, 11) is 0. The van der Waals surface area contributed by atoms with Crippen molar-refractivity contribution < 1.29 is 49.0 Å². The van der Waals surface area contributed by atoms with Crippen LogP contribution in [0, 0.1) is 0 Å². The molecule has 17 heavy (non-hydrogen) atoms. The van der Waals surface area contributed by atoms with Crippen molar-refractivity contribution in [1.82, 2.24) is 0 Å². The number of oxime groups is 1. The number of aliphatic carboxylic acids is 1. The molecule has 1 atom stereocenters. The van der Waals surface area contributed by atoms with Gasteiger partial charge in [0, 0.05) is 13.5 Å². The van der Waals surface area contributed by atoms with Gasteiger partial charge in [0.05, 0.1) is 10.8 Å². The first kappa shape index (κ1) is 16.6. The van der Waals surface area contributed by atoms with Crippen LogP contribution in [-0.4, -0.2) is 24.6 Å². The minimum Gasteiger partial charge on any atom is -0.543 e. The van der Waals surface area contributed by atoms with Crippen molar-refractivity contribution >= 4 is 23.0 Å². The van der Waals surface area contributed by atoms with Gasteiger partial charge in [-0.2, -0.15) is 0 Å². The molecule has 7 heteroatoms. The van der Waals surface area contributed by atoms with E-state index in [1.54, 1.807) is 24.4 Å². The molecule has 0 radical (unpaired) electrons. The van der Waals surface area contributed by atoms with Crippen molar-refractivity contribution in [2.75, 3.05) is 6.61 Å². The van der Waals surface area contributed by atoms with Crippen LogP contribution >= 0.6 is 11.3 Å². The Kier molecular flexibility index (Phi) is 8.45. The van der Waals surface area contributed by atoms with Crippen LogP contribution in [-0.2, 0) is 14.4 Å².